The molecule has 0 aliphatic carbocycles. The lowest BCUT2D eigenvalue weighted by Crippen LogP contribution is -1.70. The van der Waals surface area contributed by atoms with Crippen LogP contribution < -0.4 is 0 Å². The van der Waals surface area contributed by atoms with E-state index in [-0.39, 0.29) is 6.61 Å². The Morgan fingerprint density at radius 3 is 2.25 bits per heavy atom. The van der Waals surface area contributed by atoms with Crippen LogP contribution in [0.15, 0.2) is 48.6 Å². The average Bonchev–Trinajstić information content (AvgIpc) is 2.31. The first-order chi connectivity index (χ1) is 7.91. The second-order valence-corrected chi connectivity index (χ2v) is 3.56. The molecule has 0 heterocycles. The fourth-order valence-electron chi connectivity index (χ4n) is 1.22. The number of rotatable bonds is 9. The van der Waals surface area contributed by atoms with Crippen molar-refractivity contribution < 1.29 is 5.11 Å². The van der Waals surface area contributed by atoms with Gasteiger partial charge < -0.3 is 5.11 Å². The lowest BCUT2D eigenvalue weighted by atomic mass is 10.2. The standard InChI is InChI=1S/C15H24O/c1-2-3-4-5-6-7-8-9-10-11-12-13-14-15-16/h3-4,6-7,11-14,16H,2,5,8-10,15H2,1H3. The molecule has 16 heavy (non-hydrogen) atoms. The predicted molar refractivity (Wildman–Crippen MR) is 72.4 cm³/mol. The summed E-state index contributed by atoms with van der Waals surface area (Å²) < 4.78 is 0. The molecule has 0 aliphatic rings. The molecule has 90 valence electrons. The van der Waals surface area contributed by atoms with Gasteiger partial charge in [-0.25, -0.2) is 0 Å². The lowest BCUT2D eigenvalue weighted by Gasteiger charge is -1.89. The molecule has 0 spiro atoms. The molecule has 1 nitrogen and oxygen atoms in total. The van der Waals surface area contributed by atoms with Crippen LogP contribution >= 0.6 is 0 Å². The van der Waals surface area contributed by atoms with Crippen LogP contribution in [0.1, 0.15) is 39.0 Å². The van der Waals surface area contributed by atoms with Crippen molar-refractivity contribution in [2.75, 3.05) is 6.61 Å². The highest BCUT2D eigenvalue weighted by molar-refractivity contribution is 5.02. The normalized spacial score (nSPS) is 12.9. The van der Waals surface area contributed by atoms with Gasteiger partial charge in [0.05, 0.1) is 6.61 Å². The van der Waals surface area contributed by atoms with E-state index >= 15 is 0 Å². The Labute approximate surface area is 99.9 Å². The van der Waals surface area contributed by atoms with Crippen LogP contribution in [-0.2, 0) is 0 Å². The SMILES string of the molecule is CCC=CCC=CCCCC=CC=CCO. The van der Waals surface area contributed by atoms with Gasteiger partial charge >= 0.3 is 0 Å². The van der Waals surface area contributed by atoms with Gasteiger partial charge in [0, 0.05) is 0 Å². The summed E-state index contributed by atoms with van der Waals surface area (Å²) in [6, 6.07) is 0. The van der Waals surface area contributed by atoms with Crippen LogP contribution in [0.2, 0.25) is 0 Å². The number of aliphatic hydroxyl groups is 1. The molecule has 0 aromatic rings. The Kier molecular flexibility index (Phi) is 13.0. The Hall–Kier alpha value is -1.08. The molecular formula is C15H24O. The Balaban J connectivity index is 3.29. The quantitative estimate of drug-likeness (QED) is 0.351. The lowest BCUT2D eigenvalue weighted by molar-refractivity contribution is 0.343. The third-order valence-electron chi connectivity index (χ3n) is 2.07. The minimum absolute atomic E-state index is 0.123. The fraction of sp³-hybridized carbons (Fsp3) is 0.467. The van der Waals surface area contributed by atoms with Crippen LogP contribution in [0.4, 0.5) is 0 Å². The van der Waals surface area contributed by atoms with Crippen molar-refractivity contribution in [1.29, 1.82) is 0 Å². The van der Waals surface area contributed by atoms with Gasteiger partial charge in [0.25, 0.3) is 0 Å². The second-order valence-electron chi connectivity index (χ2n) is 3.56. The van der Waals surface area contributed by atoms with E-state index < -0.39 is 0 Å². The number of hydrogen-bond donors (Lipinski definition) is 1. The van der Waals surface area contributed by atoms with Crippen LogP contribution in [0.25, 0.3) is 0 Å². The first kappa shape index (κ1) is 14.9. The molecule has 0 unspecified atom stereocenters. The smallest absolute Gasteiger partial charge is 0.0615 e. The van der Waals surface area contributed by atoms with Gasteiger partial charge in [-0.1, -0.05) is 55.5 Å². The molecule has 0 fully saturated rings. The second kappa shape index (κ2) is 13.9. The summed E-state index contributed by atoms with van der Waals surface area (Å²) in [6.45, 7) is 2.27. The van der Waals surface area contributed by atoms with E-state index in [1.54, 1.807) is 6.08 Å². The van der Waals surface area contributed by atoms with E-state index in [1.165, 1.54) is 6.42 Å². The minimum Gasteiger partial charge on any atom is -0.392 e. The van der Waals surface area contributed by atoms with E-state index in [1.807, 2.05) is 12.2 Å². The highest BCUT2D eigenvalue weighted by Crippen LogP contribution is 1.99. The number of hydrogen-bond acceptors (Lipinski definition) is 1. The first-order valence-electron chi connectivity index (χ1n) is 6.14. The molecule has 0 aromatic carbocycles. The zero-order valence-corrected chi connectivity index (χ0v) is 10.3. The van der Waals surface area contributed by atoms with E-state index in [0.29, 0.717) is 0 Å². The summed E-state index contributed by atoms with van der Waals surface area (Å²) in [5.74, 6) is 0. The van der Waals surface area contributed by atoms with Crippen molar-refractivity contribution in [2.45, 2.75) is 39.0 Å². The molecule has 0 radical (unpaired) electrons. The molecule has 0 amide bonds. The van der Waals surface area contributed by atoms with Crippen molar-refractivity contribution in [3.8, 4) is 0 Å². The maximum Gasteiger partial charge on any atom is 0.0615 e. The largest absolute Gasteiger partial charge is 0.392 e. The summed E-state index contributed by atoms with van der Waals surface area (Å²) >= 11 is 0. The summed E-state index contributed by atoms with van der Waals surface area (Å²) in [5, 5.41) is 8.49. The first-order valence-corrected chi connectivity index (χ1v) is 6.14. The van der Waals surface area contributed by atoms with Crippen LogP contribution in [0.3, 0.4) is 0 Å². The summed E-state index contributed by atoms with van der Waals surface area (Å²) in [7, 11) is 0. The van der Waals surface area contributed by atoms with Crippen molar-refractivity contribution in [3.63, 3.8) is 0 Å². The Morgan fingerprint density at radius 2 is 1.50 bits per heavy atom. The molecule has 1 N–H and O–H groups in total. The van der Waals surface area contributed by atoms with E-state index in [9.17, 15) is 0 Å². The summed E-state index contributed by atoms with van der Waals surface area (Å²) in [6.07, 6.45) is 22.2. The number of unbranched alkanes of at least 4 members (excludes halogenated alkanes) is 2. The topological polar surface area (TPSA) is 20.2 Å². The third-order valence-corrected chi connectivity index (χ3v) is 2.07. The Bertz CT molecular complexity index is 234. The van der Waals surface area contributed by atoms with E-state index in [4.69, 9.17) is 5.11 Å². The minimum atomic E-state index is 0.123. The van der Waals surface area contributed by atoms with Gasteiger partial charge in [0.2, 0.25) is 0 Å². The van der Waals surface area contributed by atoms with E-state index in [2.05, 4.69) is 37.3 Å². The average molecular weight is 220 g/mol. The monoisotopic (exact) mass is 220 g/mol. The molecule has 0 saturated carbocycles. The van der Waals surface area contributed by atoms with Crippen molar-refractivity contribution in [3.05, 3.63) is 48.6 Å². The predicted octanol–water partition coefficient (Wildman–Crippen LogP) is 4.17. The molecule has 1 heteroatoms. The van der Waals surface area contributed by atoms with Crippen LogP contribution in [0.5, 0.6) is 0 Å². The number of aliphatic hydroxyl groups excluding tert-OH is 1. The zero-order chi connectivity index (χ0) is 11.9. The highest BCUT2D eigenvalue weighted by Gasteiger charge is 1.79. The van der Waals surface area contributed by atoms with Gasteiger partial charge in [-0.15, -0.1) is 0 Å². The third kappa shape index (κ3) is 12.9. The van der Waals surface area contributed by atoms with Crippen LogP contribution in [0, 0.1) is 0 Å². The van der Waals surface area contributed by atoms with Crippen molar-refractivity contribution in [2.24, 2.45) is 0 Å². The van der Waals surface area contributed by atoms with Gasteiger partial charge in [-0.05, 0) is 32.1 Å². The van der Waals surface area contributed by atoms with Crippen molar-refractivity contribution >= 4 is 0 Å². The molecule has 0 aromatic heterocycles. The van der Waals surface area contributed by atoms with Gasteiger partial charge in [-0.2, -0.15) is 0 Å². The van der Waals surface area contributed by atoms with E-state index in [0.717, 1.165) is 25.7 Å². The summed E-state index contributed by atoms with van der Waals surface area (Å²) in [4.78, 5) is 0. The van der Waals surface area contributed by atoms with Gasteiger partial charge in [0.15, 0.2) is 0 Å². The summed E-state index contributed by atoms with van der Waals surface area (Å²) in [5.41, 5.74) is 0. The molecular weight excluding hydrogens is 196 g/mol. The molecule has 0 bridgehead atoms. The zero-order valence-electron chi connectivity index (χ0n) is 10.3. The highest BCUT2D eigenvalue weighted by atomic mass is 16.2. The van der Waals surface area contributed by atoms with Gasteiger partial charge in [0.1, 0.15) is 0 Å². The fourth-order valence-corrected chi connectivity index (χ4v) is 1.22. The molecule has 0 atom stereocenters. The maximum atomic E-state index is 8.49. The van der Waals surface area contributed by atoms with Gasteiger partial charge in [-0.3, -0.25) is 0 Å². The van der Waals surface area contributed by atoms with Crippen LogP contribution in [-0.4, -0.2) is 11.7 Å². The molecule has 0 saturated heterocycles. The van der Waals surface area contributed by atoms with Crippen molar-refractivity contribution in [1.82, 2.24) is 0 Å². The maximum absolute atomic E-state index is 8.49. The Morgan fingerprint density at radius 1 is 0.812 bits per heavy atom. The molecule has 0 rings (SSSR count). The molecule has 0 aliphatic heterocycles. The number of allylic oxidation sites excluding steroid dienone is 7.